The van der Waals surface area contributed by atoms with E-state index in [1.54, 1.807) is 18.3 Å². The Hall–Kier alpha value is -2.44. The van der Waals surface area contributed by atoms with Gasteiger partial charge in [0.2, 0.25) is 0 Å². The van der Waals surface area contributed by atoms with Crippen LogP contribution in [-0.2, 0) is 12.7 Å². The summed E-state index contributed by atoms with van der Waals surface area (Å²) < 4.78 is 39.9. The zero-order chi connectivity index (χ0) is 23.2. The van der Waals surface area contributed by atoms with Gasteiger partial charge >= 0.3 is 6.18 Å². The number of nitrogens with zero attached hydrogens (tertiary/aromatic N) is 2. The Morgan fingerprint density at radius 1 is 1.09 bits per heavy atom. The van der Waals surface area contributed by atoms with Crippen LogP contribution in [0, 0.1) is 11.8 Å². The van der Waals surface area contributed by atoms with E-state index >= 15 is 0 Å². The molecule has 3 aliphatic heterocycles. The van der Waals surface area contributed by atoms with Crippen LogP contribution in [0.3, 0.4) is 0 Å². The van der Waals surface area contributed by atoms with E-state index in [9.17, 15) is 18.3 Å². The first kappa shape index (κ1) is 22.4. The summed E-state index contributed by atoms with van der Waals surface area (Å²) in [4.78, 5) is 4.45. The number of quaternary nitrogens is 1. The summed E-state index contributed by atoms with van der Waals surface area (Å²) in [6.45, 7) is 4.79. The molecule has 0 radical (unpaired) electrons. The smallest absolute Gasteiger partial charge is 0.382 e. The lowest BCUT2D eigenvalue weighted by molar-refractivity contribution is -0.985. The third-order valence-electron chi connectivity index (χ3n) is 8.13. The lowest BCUT2D eigenvalue weighted by Gasteiger charge is -2.58. The van der Waals surface area contributed by atoms with Crippen molar-refractivity contribution >= 4 is 10.9 Å². The van der Waals surface area contributed by atoms with Crippen molar-refractivity contribution in [3.63, 3.8) is 0 Å². The predicted molar refractivity (Wildman–Crippen MR) is 122 cm³/mol. The number of aliphatic hydroxyl groups excluding tert-OH is 1. The first-order valence-electron chi connectivity index (χ1n) is 11.8. The second-order valence-corrected chi connectivity index (χ2v) is 9.86. The third kappa shape index (κ3) is 4.04. The molecule has 5 atom stereocenters. The number of aliphatic hydroxyl groups is 1. The number of aromatic nitrogens is 1. The number of para-hydroxylation sites is 1. The molecular formula is C27H30F3N2O+. The first-order valence-corrected chi connectivity index (χ1v) is 11.8. The molecule has 1 N–H and O–H groups in total. The Balaban J connectivity index is 1.51. The molecule has 3 fully saturated rings. The minimum absolute atomic E-state index is 0.0136. The highest BCUT2D eigenvalue weighted by Crippen LogP contribution is 2.48. The molecule has 174 valence electrons. The molecule has 0 saturated carbocycles. The number of benzene rings is 2. The van der Waals surface area contributed by atoms with E-state index < -0.39 is 17.8 Å². The largest absolute Gasteiger partial charge is 0.416 e. The van der Waals surface area contributed by atoms with Crippen molar-refractivity contribution in [1.82, 2.24) is 4.98 Å². The van der Waals surface area contributed by atoms with Crippen LogP contribution < -0.4 is 0 Å². The molecule has 6 rings (SSSR count). The third-order valence-corrected chi connectivity index (χ3v) is 8.13. The van der Waals surface area contributed by atoms with E-state index in [-0.39, 0.29) is 6.04 Å². The molecular weight excluding hydrogens is 425 g/mol. The van der Waals surface area contributed by atoms with Crippen LogP contribution in [0.1, 0.15) is 49.0 Å². The van der Waals surface area contributed by atoms with Crippen LogP contribution in [0.5, 0.6) is 0 Å². The maximum atomic E-state index is 13.1. The van der Waals surface area contributed by atoms with Crippen molar-refractivity contribution in [3.8, 4) is 0 Å². The molecule has 3 aromatic rings. The maximum absolute atomic E-state index is 13.1. The van der Waals surface area contributed by atoms with Crippen LogP contribution >= 0.6 is 0 Å². The molecule has 2 aromatic carbocycles. The minimum Gasteiger partial charge on any atom is -0.382 e. The Morgan fingerprint density at radius 2 is 1.85 bits per heavy atom. The van der Waals surface area contributed by atoms with Gasteiger partial charge in [0, 0.05) is 35.9 Å². The highest BCUT2D eigenvalue weighted by atomic mass is 19.4. The number of pyridine rings is 1. The van der Waals surface area contributed by atoms with Crippen LogP contribution in [0.2, 0.25) is 0 Å². The summed E-state index contributed by atoms with van der Waals surface area (Å²) in [5.74, 6) is 1.18. The highest BCUT2D eigenvalue weighted by molar-refractivity contribution is 5.82. The van der Waals surface area contributed by atoms with Gasteiger partial charge in [0.05, 0.1) is 24.2 Å². The van der Waals surface area contributed by atoms with Gasteiger partial charge < -0.3 is 9.59 Å². The molecule has 3 nitrogen and oxygen atoms in total. The summed E-state index contributed by atoms with van der Waals surface area (Å²) in [6.07, 6.45) is -0.0716. The zero-order valence-electron chi connectivity index (χ0n) is 18.8. The number of alkyl halides is 3. The maximum Gasteiger partial charge on any atom is 0.416 e. The van der Waals surface area contributed by atoms with Crippen LogP contribution in [-0.4, -0.2) is 33.7 Å². The highest BCUT2D eigenvalue weighted by Gasteiger charge is 2.54. The fraction of sp³-hybridized carbons (Fsp3) is 0.444. The number of hydrogen-bond acceptors (Lipinski definition) is 2. The molecule has 3 aliphatic rings. The number of rotatable bonds is 5. The summed E-state index contributed by atoms with van der Waals surface area (Å²) in [5.41, 5.74) is 2.05. The van der Waals surface area contributed by atoms with Crippen molar-refractivity contribution in [1.29, 1.82) is 0 Å². The van der Waals surface area contributed by atoms with Crippen molar-refractivity contribution in [3.05, 3.63) is 77.5 Å². The molecule has 4 heterocycles. The Bertz CT molecular complexity index is 1120. The second kappa shape index (κ2) is 8.41. The Kier molecular flexibility index (Phi) is 5.69. The molecule has 2 bridgehead atoms. The molecule has 6 heteroatoms. The quantitative estimate of drug-likeness (QED) is 0.470. The van der Waals surface area contributed by atoms with Gasteiger partial charge in [0.1, 0.15) is 18.7 Å². The normalized spacial score (nSPS) is 28.2. The molecule has 0 amide bonds. The zero-order valence-corrected chi connectivity index (χ0v) is 18.8. The van der Waals surface area contributed by atoms with Gasteiger partial charge in [-0.25, -0.2) is 0 Å². The van der Waals surface area contributed by atoms with Gasteiger partial charge in [0.15, 0.2) is 0 Å². The predicted octanol–water partition coefficient (Wildman–Crippen LogP) is 6.12. The average Bonchev–Trinajstić information content (AvgIpc) is 2.83. The van der Waals surface area contributed by atoms with Crippen LogP contribution in [0.15, 0.2) is 60.8 Å². The molecule has 0 spiro atoms. The summed E-state index contributed by atoms with van der Waals surface area (Å²) >= 11 is 0. The molecule has 3 saturated heterocycles. The van der Waals surface area contributed by atoms with E-state index in [1.807, 2.05) is 30.3 Å². The molecule has 1 unspecified atom stereocenters. The van der Waals surface area contributed by atoms with Crippen LogP contribution in [0.25, 0.3) is 10.9 Å². The number of hydrogen-bond donors (Lipinski definition) is 1. The van der Waals surface area contributed by atoms with E-state index in [0.29, 0.717) is 18.4 Å². The van der Waals surface area contributed by atoms with E-state index in [2.05, 4.69) is 11.9 Å². The number of halogens is 3. The summed E-state index contributed by atoms with van der Waals surface area (Å²) in [7, 11) is 0. The molecule has 1 aromatic heterocycles. The van der Waals surface area contributed by atoms with Gasteiger partial charge in [-0.1, -0.05) is 37.3 Å². The lowest BCUT2D eigenvalue weighted by Crippen LogP contribution is -2.67. The van der Waals surface area contributed by atoms with Crippen molar-refractivity contribution < 1.29 is 22.8 Å². The van der Waals surface area contributed by atoms with Crippen molar-refractivity contribution in [2.24, 2.45) is 11.8 Å². The average molecular weight is 456 g/mol. The van der Waals surface area contributed by atoms with Gasteiger partial charge in [-0.05, 0) is 42.2 Å². The Morgan fingerprint density at radius 3 is 2.58 bits per heavy atom. The van der Waals surface area contributed by atoms with E-state index in [4.69, 9.17) is 0 Å². The van der Waals surface area contributed by atoms with E-state index in [0.717, 1.165) is 58.9 Å². The van der Waals surface area contributed by atoms with Gasteiger partial charge in [-0.3, -0.25) is 4.98 Å². The van der Waals surface area contributed by atoms with Crippen molar-refractivity contribution in [2.75, 3.05) is 13.1 Å². The SMILES string of the molecule is CC[C@H]1C[N+]2(Cc3ccc(C(F)(F)F)cc3)CC[C@H]1C[C@@H]2[C@@H](O)c1ccnc2ccccc12. The number of fused-ring (bicyclic) bond motifs is 4. The van der Waals surface area contributed by atoms with Gasteiger partial charge in [-0.15, -0.1) is 0 Å². The van der Waals surface area contributed by atoms with E-state index in [1.165, 1.54) is 12.1 Å². The first-order chi connectivity index (χ1) is 15.8. The van der Waals surface area contributed by atoms with Crippen LogP contribution in [0.4, 0.5) is 13.2 Å². The fourth-order valence-electron chi connectivity index (χ4n) is 6.41. The van der Waals surface area contributed by atoms with Crippen molar-refractivity contribution in [2.45, 2.75) is 51.1 Å². The summed E-state index contributed by atoms with van der Waals surface area (Å²) in [6, 6.07) is 15.4. The summed E-state index contributed by atoms with van der Waals surface area (Å²) in [5, 5.41) is 12.7. The Labute approximate surface area is 192 Å². The van der Waals surface area contributed by atoms with Gasteiger partial charge in [0.25, 0.3) is 0 Å². The molecule has 0 aliphatic carbocycles. The molecule has 33 heavy (non-hydrogen) atoms. The standard InChI is InChI=1S/C27H30F3N2O/c1-2-19-17-32(16-18-7-9-21(10-8-18)27(28,29)30)14-12-20(19)15-25(32)26(33)23-11-13-31-24-6-4-3-5-22(23)24/h3-11,13,19-20,25-26,33H,2,12,14-17H2,1H3/q+1/t19-,20-,25+,26-,32?/m0/s1. The second-order valence-electron chi connectivity index (χ2n) is 9.86. The lowest BCUT2D eigenvalue weighted by atomic mass is 9.70. The van der Waals surface area contributed by atoms with Gasteiger partial charge in [-0.2, -0.15) is 13.2 Å². The monoisotopic (exact) mass is 455 g/mol. The topological polar surface area (TPSA) is 33.1 Å². The fourth-order valence-corrected chi connectivity index (χ4v) is 6.41. The minimum atomic E-state index is -4.33. The number of piperidine rings is 3.